The minimum absolute atomic E-state index is 0.321. The van der Waals surface area contributed by atoms with Crippen LogP contribution in [0.5, 0.6) is 0 Å². The van der Waals surface area contributed by atoms with E-state index in [1.807, 2.05) is 7.05 Å². The normalized spacial score (nSPS) is 19.1. The Hall–Kier alpha value is -0.940. The van der Waals surface area contributed by atoms with Gasteiger partial charge in [-0.2, -0.15) is 4.98 Å². The second-order valence-electron chi connectivity index (χ2n) is 5.03. The van der Waals surface area contributed by atoms with Gasteiger partial charge in [0.2, 0.25) is 5.89 Å². The van der Waals surface area contributed by atoms with Crippen molar-refractivity contribution in [3.05, 3.63) is 11.7 Å². The lowest BCUT2D eigenvalue weighted by Crippen LogP contribution is -2.44. The van der Waals surface area contributed by atoms with Crippen molar-refractivity contribution < 1.29 is 4.52 Å². The Labute approximate surface area is 96.0 Å². The minimum Gasteiger partial charge on any atom is -0.338 e. The smallest absolute Gasteiger partial charge is 0.240 e. The molecular weight excluding hydrogens is 204 g/mol. The molecule has 0 amide bonds. The lowest BCUT2D eigenvalue weighted by atomic mass is 9.77. The zero-order valence-electron chi connectivity index (χ0n) is 10.2. The Morgan fingerprint density at radius 2 is 2.19 bits per heavy atom. The van der Waals surface area contributed by atoms with Crippen molar-refractivity contribution in [2.24, 2.45) is 5.73 Å². The number of hydrogen-bond donors (Lipinski definition) is 1. The van der Waals surface area contributed by atoms with Crippen LogP contribution in [0.15, 0.2) is 4.52 Å². The van der Waals surface area contributed by atoms with Crippen molar-refractivity contribution >= 4 is 0 Å². The number of hydrogen-bond acceptors (Lipinski definition) is 5. The highest BCUT2D eigenvalue weighted by Crippen LogP contribution is 2.36. The van der Waals surface area contributed by atoms with Crippen LogP contribution in [0.4, 0.5) is 0 Å². The van der Waals surface area contributed by atoms with E-state index in [9.17, 15) is 0 Å². The SMILES string of the molecule is CC(C)N(C)Cc1nc(C2(N)CCC2)no1. The highest BCUT2D eigenvalue weighted by Gasteiger charge is 2.38. The van der Waals surface area contributed by atoms with Gasteiger partial charge in [-0.05, 0) is 40.2 Å². The first-order chi connectivity index (χ1) is 7.51. The topological polar surface area (TPSA) is 68.2 Å². The zero-order chi connectivity index (χ0) is 11.8. The zero-order valence-corrected chi connectivity index (χ0v) is 10.2. The van der Waals surface area contributed by atoms with Gasteiger partial charge in [-0.3, -0.25) is 4.90 Å². The highest BCUT2D eigenvalue weighted by molar-refractivity contribution is 5.08. The Balaban J connectivity index is 2.02. The van der Waals surface area contributed by atoms with Gasteiger partial charge in [0.05, 0.1) is 12.1 Å². The lowest BCUT2D eigenvalue weighted by molar-refractivity contribution is 0.218. The van der Waals surface area contributed by atoms with Gasteiger partial charge in [-0.25, -0.2) is 0 Å². The van der Waals surface area contributed by atoms with Crippen LogP contribution in [0.25, 0.3) is 0 Å². The third kappa shape index (κ3) is 2.10. The van der Waals surface area contributed by atoms with Crippen LogP contribution in [-0.4, -0.2) is 28.1 Å². The first-order valence-corrected chi connectivity index (χ1v) is 5.83. The average molecular weight is 224 g/mol. The van der Waals surface area contributed by atoms with Gasteiger partial charge < -0.3 is 10.3 Å². The Kier molecular flexibility index (Phi) is 2.99. The standard InChI is InChI=1S/C11H20N4O/c1-8(2)15(3)7-9-13-10(14-16-9)11(12)5-4-6-11/h8H,4-7,12H2,1-3H3. The minimum atomic E-state index is -0.321. The summed E-state index contributed by atoms with van der Waals surface area (Å²) in [5, 5.41) is 3.98. The molecule has 1 fully saturated rings. The number of nitrogens with zero attached hydrogens (tertiary/aromatic N) is 3. The van der Waals surface area contributed by atoms with E-state index >= 15 is 0 Å². The second-order valence-corrected chi connectivity index (χ2v) is 5.03. The van der Waals surface area contributed by atoms with Gasteiger partial charge in [0, 0.05) is 6.04 Å². The molecule has 90 valence electrons. The lowest BCUT2D eigenvalue weighted by Gasteiger charge is -2.34. The molecule has 5 nitrogen and oxygen atoms in total. The largest absolute Gasteiger partial charge is 0.338 e. The molecule has 2 rings (SSSR count). The Morgan fingerprint density at radius 1 is 1.50 bits per heavy atom. The Morgan fingerprint density at radius 3 is 2.69 bits per heavy atom. The fraction of sp³-hybridized carbons (Fsp3) is 0.818. The summed E-state index contributed by atoms with van der Waals surface area (Å²) in [6, 6.07) is 0.464. The monoisotopic (exact) mass is 224 g/mol. The molecular formula is C11H20N4O. The molecule has 1 aliphatic carbocycles. The van der Waals surface area contributed by atoms with E-state index in [2.05, 4.69) is 28.9 Å². The molecule has 0 unspecified atom stereocenters. The highest BCUT2D eigenvalue weighted by atomic mass is 16.5. The molecule has 0 spiro atoms. The van der Waals surface area contributed by atoms with Gasteiger partial charge in [0.25, 0.3) is 0 Å². The fourth-order valence-corrected chi connectivity index (χ4v) is 1.70. The molecule has 1 aromatic heterocycles. The molecule has 0 aromatic carbocycles. The summed E-state index contributed by atoms with van der Waals surface area (Å²) in [5.41, 5.74) is 5.81. The molecule has 0 aliphatic heterocycles. The van der Waals surface area contributed by atoms with E-state index in [4.69, 9.17) is 10.3 Å². The average Bonchev–Trinajstić information content (AvgIpc) is 2.62. The quantitative estimate of drug-likeness (QED) is 0.833. The molecule has 1 aliphatic rings. The third-order valence-corrected chi connectivity index (χ3v) is 3.43. The van der Waals surface area contributed by atoms with Crippen molar-refractivity contribution in [1.29, 1.82) is 0 Å². The number of rotatable bonds is 4. The molecule has 2 N–H and O–H groups in total. The van der Waals surface area contributed by atoms with E-state index in [1.54, 1.807) is 0 Å². The maximum Gasteiger partial charge on any atom is 0.240 e. The molecule has 5 heteroatoms. The van der Waals surface area contributed by atoms with E-state index < -0.39 is 0 Å². The van der Waals surface area contributed by atoms with Gasteiger partial charge in [0.15, 0.2) is 5.82 Å². The van der Waals surface area contributed by atoms with E-state index in [0.717, 1.165) is 19.3 Å². The van der Waals surface area contributed by atoms with Crippen LogP contribution in [0, 0.1) is 0 Å². The van der Waals surface area contributed by atoms with Crippen LogP contribution in [-0.2, 0) is 12.1 Å². The van der Waals surface area contributed by atoms with Crippen molar-refractivity contribution in [3.8, 4) is 0 Å². The Bertz CT molecular complexity index is 357. The summed E-state index contributed by atoms with van der Waals surface area (Å²) >= 11 is 0. The van der Waals surface area contributed by atoms with Crippen LogP contribution >= 0.6 is 0 Å². The van der Waals surface area contributed by atoms with Crippen LogP contribution in [0.2, 0.25) is 0 Å². The van der Waals surface area contributed by atoms with Crippen LogP contribution < -0.4 is 5.73 Å². The molecule has 0 saturated heterocycles. The summed E-state index contributed by atoms with van der Waals surface area (Å²) in [7, 11) is 2.04. The predicted octanol–water partition coefficient (Wildman–Crippen LogP) is 1.25. The molecule has 0 radical (unpaired) electrons. The van der Waals surface area contributed by atoms with E-state index in [0.29, 0.717) is 24.3 Å². The molecule has 1 aromatic rings. The van der Waals surface area contributed by atoms with Crippen molar-refractivity contribution in [1.82, 2.24) is 15.0 Å². The maximum atomic E-state index is 6.13. The molecule has 1 heterocycles. The summed E-state index contributed by atoms with van der Waals surface area (Å²) in [6.45, 7) is 4.95. The van der Waals surface area contributed by atoms with Gasteiger partial charge in [0.1, 0.15) is 0 Å². The molecule has 0 bridgehead atoms. The first-order valence-electron chi connectivity index (χ1n) is 5.83. The van der Waals surface area contributed by atoms with Gasteiger partial charge in [-0.15, -0.1) is 0 Å². The van der Waals surface area contributed by atoms with Crippen LogP contribution in [0.3, 0.4) is 0 Å². The van der Waals surface area contributed by atoms with Crippen molar-refractivity contribution in [2.75, 3.05) is 7.05 Å². The predicted molar refractivity (Wildman–Crippen MR) is 60.6 cm³/mol. The van der Waals surface area contributed by atoms with Crippen molar-refractivity contribution in [3.63, 3.8) is 0 Å². The molecule has 1 saturated carbocycles. The molecule has 0 atom stereocenters. The summed E-state index contributed by atoms with van der Waals surface area (Å²) in [4.78, 5) is 6.54. The third-order valence-electron chi connectivity index (χ3n) is 3.43. The maximum absolute atomic E-state index is 6.13. The summed E-state index contributed by atoms with van der Waals surface area (Å²) in [5.74, 6) is 1.33. The van der Waals surface area contributed by atoms with Crippen molar-refractivity contribution in [2.45, 2.75) is 51.2 Å². The van der Waals surface area contributed by atoms with E-state index in [-0.39, 0.29) is 5.54 Å². The number of aromatic nitrogens is 2. The number of nitrogens with two attached hydrogens (primary N) is 1. The second kappa shape index (κ2) is 4.14. The van der Waals surface area contributed by atoms with E-state index in [1.165, 1.54) is 0 Å². The fourth-order valence-electron chi connectivity index (χ4n) is 1.70. The van der Waals surface area contributed by atoms with Gasteiger partial charge >= 0.3 is 0 Å². The molecule has 16 heavy (non-hydrogen) atoms. The first kappa shape index (κ1) is 11.5. The van der Waals surface area contributed by atoms with Gasteiger partial charge in [-0.1, -0.05) is 5.16 Å². The summed E-state index contributed by atoms with van der Waals surface area (Å²) < 4.78 is 5.22. The van der Waals surface area contributed by atoms with Crippen LogP contribution in [0.1, 0.15) is 44.8 Å². The summed E-state index contributed by atoms with van der Waals surface area (Å²) in [6.07, 6.45) is 3.09.